The number of carboxylic acid groups (broad SMARTS) is 1. The molecule has 4 nitrogen and oxygen atoms in total. The van der Waals surface area contributed by atoms with Crippen LogP contribution in [0.5, 0.6) is 0 Å². The van der Waals surface area contributed by atoms with Crippen molar-refractivity contribution in [3.63, 3.8) is 0 Å². The Morgan fingerprint density at radius 1 is 1.38 bits per heavy atom. The molecule has 6 heteroatoms. The minimum absolute atomic E-state index is 0.00642. The van der Waals surface area contributed by atoms with Gasteiger partial charge in [-0.3, -0.25) is 9.59 Å². The number of likely N-dealkylation sites (tertiary alicyclic amines) is 1. The largest absolute Gasteiger partial charge is 0.481 e. The van der Waals surface area contributed by atoms with Gasteiger partial charge in [0.05, 0.1) is 5.56 Å². The summed E-state index contributed by atoms with van der Waals surface area (Å²) in [5, 5.41) is 9.09. The molecule has 21 heavy (non-hydrogen) atoms. The molecule has 1 fully saturated rings. The van der Waals surface area contributed by atoms with Crippen LogP contribution < -0.4 is 0 Å². The molecule has 1 amide bonds. The Bertz CT molecular complexity index is 550. The van der Waals surface area contributed by atoms with E-state index in [1.165, 1.54) is 18.2 Å². The maximum absolute atomic E-state index is 13.8. The topological polar surface area (TPSA) is 57.6 Å². The number of carboxylic acids is 1. The average Bonchev–Trinajstić information content (AvgIpc) is 2.47. The molecule has 2 rings (SSSR count). The molecule has 1 atom stereocenters. The molecule has 1 aromatic rings. The molecule has 1 aliphatic rings. The lowest BCUT2D eigenvalue weighted by Gasteiger charge is -2.35. The molecule has 1 aromatic carbocycles. The minimum Gasteiger partial charge on any atom is -0.481 e. The molecule has 1 saturated heterocycles. The molecule has 1 aliphatic heterocycles. The first-order chi connectivity index (χ1) is 9.99. The number of hydrogen-bond donors (Lipinski definition) is 1. The van der Waals surface area contributed by atoms with Crippen molar-refractivity contribution in [2.24, 2.45) is 0 Å². The second-order valence-corrected chi connectivity index (χ2v) is 5.64. The second-order valence-electron chi connectivity index (χ2n) is 5.20. The van der Waals surface area contributed by atoms with Crippen LogP contribution in [0.4, 0.5) is 4.39 Å². The number of carbonyl (C=O) groups is 2. The molecule has 1 heterocycles. The van der Waals surface area contributed by atoms with E-state index in [4.69, 9.17) is 16.7 Å². The van der Waals surface area contributed by atoms with E-state index in [2.05, 4.69) is 0 Å². The van der Waals surface area contributed by atoms with Gasteiger partial charge in [-0.1, -0.05) is 11.6 Å². The summed E-state index contributed by atoms with van der Waals surface area (Å²) >= 11 is 5.82. The predicted molar refractivity (Wildman–Crippen MR) is 77.0 cm³/mol. The number of halogens is 2. The van der Waals surface area contributed by atoms with Gasteiger partial charge in [-0.05, 0) is 43.9 Å². The van der Waals surface area contributed by atoms with Gasteiger partial charge in [0.15, 0.2) is 0 Å². The summed E-state index contributed by atoms with van der Waals surface area (Å²) in [5.74, 6) is -1.90. The zero-order valence-corrected chi connectivity index (χ0v) is 12.3. The lowest BCUT2D eigenvalue weighted by molar-refractivity contribution is -0.137. The van der Waals surface area contributed by atoms with Crippen LogP contribution in [0.1, 0.15) is 42.5 Å². The van der Waals surface area contributed by atoms with Crippen LogP contribution in [0.15, 0.2) is 18.2 Å². The van der Waals surface area contributed by atoms with Crippen LogP contribution in [0.2, 0.25) is 5.02 Å². The highest BCUT2D eigenvalue weighted by Gasteiger charge is 2.29. The van der Waals surface area contributed by atoms with Crippen LogP contribution >= 0.6 is 11.6 Å². The second kappa shape index (κ2) is 6.89. The number of piperidine rings is 1. The molecule has 0 bridgehead atoms. The highest BCUT2D eigenvalue weighted by Crippen LogP contribution is 2.25. The van der Waals surface area contributed by atoms with E-state index < -0.39 is 17.7 Å². The molecular weight excluding hydrogens is 297 g/mol. The minimum atomic E-state index is -0.887. The number of carbonyl (C=O) groups excluding carboxylic acids is 1. The Morgan fingerprint density at radius 2 is 2.14 bits per heavy atom. The molecule has 0 aromatic heterocycles. The van der Waals surface area contributed by atoms with E-state index in [0.717, 1.165) is 19.3 Å². The SMILES string of the molecule is O=C(O)CC[C@H]1CCCCN1C(=O)c1cc(Cl)ccc1F. The van der Waals surface area contributed by atoms with Crippen molar-refractivity contribution < 1.29 is 19.1 Å². The number of benzene rings is 1. The number of nitrogens with zero attached hydrogens (tertiary/aromatic N) is 1. The van der Waals surface area contributed by atoms with Gasteiger partial charge in [0.2, 0.25) is 0 Å². The molecular formula is C15H17ClFNO3. The first kappa shape index (κ1) is 15.8. The lowest BCUT2D eigenvalue weighted by atomic mass is 9.97. The fourth-order valence-corrected chi connectivity index (χ4v) is 2.85. The summed E-state index contributed by atoms with van der Waals surface area (Å²) in [7, 11) is 0. The quantitative estimate of drug-likeness (QED) is 0.927. The van der Waals surface area contributed by atoms with Gasteiger partial charge >= 0.3 is 5.97 Å². The maximum atomic E-state index is 13.8. The zero-order valence-electron chi connectivity index (χ0n) is 11.5. The summed E-state index contributed by atoms with van der Waals surface area (Å²) in [4.78, 5) is 24.8. The summed E-state index contributed by atoms with van der Waals surface area (Å²) < 4.78 is 13.8. The maximum Gasteiger partial charge on any atom is 0.303 e. The van der Waals surface area contributed by atoms with Gasteiger partial charge in [0.25, 0.3) is 5.91 Å². The fourth-order valence-electron chi connectivity index (χ4n) is 2.67. The van der Waals surface area contributed by atoms with Crippen molar-refractivity contribution in [3.05, 3.63) is 34.6 Å². The summed E-state index contributed by atoms with van der Waals surface area (Å²) in [6.07, 6.45) is 2.94. The summed E-state index contributed by atoms with van der Waals surface area (Å²) in [5.41, 5.74) is -0.0512. The average molecular weight is 314 g/mol. The normalized spacial score (nSPS) is 18.6. The van der Waals surface area contributed by atoms with Crippen LogP contribution in [0, 0.1) is 5.82 Å². The third-order valence-electron chi connectivity index (χ3n) is 3.74. The monoisotopic (exact) mass is 313 g/mol. The number of amides is 1. The van der Waals surface area contributed by atoms with Crippen molar-refractivity contribution in [3.8, 4) is 0 Å². The smallest absolute Gasteiger partial charge is 0.303 e. The Hall–Kier alpha value is -1.62. The third-order valence-corrected chi connectivity index (χ3v) is 3.97. The van der Waals surface area contributed by atoms with E-state index in [0.29, 0.717) is 18.0 Å². The van der Waals surface area contributed by atoms with E-state index >= 15 is 0 Å². The van der Waals surface area contributed by atoms with Crippen molar-refractivity contribution in [1.82, 2.24) is 4.90 Å². The van der Waals surface area contributed by atoms with Gasteiger partial charge < -0.3 is 10.0 Å². The Balaban J connectivity index is 2.18. The first-order valence-corrected chi connectivity index (χ1v) is 7.34. The van der Waals surface area contributed by atoms with E-state index in [9.17, 15) is 14.0 Å². The first-order valence-electron chi connectivity index (χ1n) is 6.97. The number of rotatable bonds is 4. The van der Waals surface area contributed by atoms with Crippen molar-refractivity contribution in [2.75, 3.05) is 6.54 Å². The molecule has 0 saturated carbocycles. The molecule has 1 N–H and O–H groups in total. The van der Waals surface area contributed by atoms with Gasteiger partial charge in [0.1, 0.15) is 5.82 Å². The van der Waals surface area contributed by atoms with Crippen LogP contribution in [-0.4, -0.2) is 34.5 Å². The van der Waals surface area contributed by atoms with E-state index in [1.807, 2.05) is 0 Å². The predicted octanol–water partition coefficient (Wildman–Crippen LogP) is 3.34. The third kappa shape index (κ3) is 3.94. The number of aliphatic carboxylic acids is 1. The van der Waals surface area contributed by atoms with Gasteiger partial charge in [-0.2, -0.15) is 0 Å². The Morgan fingerprint density at radius 3 is 2.86 bits per heavy atom. The van der Waals surface area contributed by atoms with Crippen molar-refractivity contribution in [2.45, 2.75) is 38.1 Å². The van der Waals surface area contributed by atoms with Crippen LogP contribution in [0.3, 0.4) is 0 Å². The summed E-state index contributed by atoms with van der Waals surface area (Å²) in [6.45, 7) is 0.523. The summed E-state index contributed by atoms with van der Waals surface area (Å²) in [6, 6.07) is 3.74. The zero-order chi connectivity index (χ0) is 15.4. The number of hydrogen-bond acceptors (Lipinski definition) is 2. The molecule has 0 aliphatic carbocycles. The van der Waals surface area contributed by atoms with E-state index in [-0.39, 0.29) is 18.0 Å². The Labute approximate surface area is 127 Å². The molecule has 0 spiro atoms. The van der Waals surface area contributed by atoms with Gasteiger partial charge in [-0.25, -0.2) is 4.39 Å². The lowest BCUT2D eigenvalue weighted by Crippen LogP contribution is -2.44. The molecule has 114 valence electrons. The van der Waals surface area contributed by atoms with Crippen molar-refractivity contribution in [1.29, 1.82) is 0 Å². The van der Waals surface area contributed by atoms with E-state index in [1.54, 1.807) is 4.90 Å². The highest BCUT2D eigenvalue weighted by molar-refractivity contribution is 6.31. The van der Waals surface area contributed by atoms with Crippen LogP contribution in [-0.2, 0) is 4.79 Å². The van der Waals surface area contributed by atoms with Crippen LogP contribution in [0.25, 0.3) is 0 Å². The Kier molecular flexibility index (Phi) is 5.17. The van der Waals surface area contributed by atoms with Crippen molar-refractivity contribution >= 4 is 23.5 Å². The highest BCUT2D eigenvalue weighted by atomic mass is 35.5. The molecule has 0 unspecified atom stereocenters. The fraction of sp³-hybridized carbons (Fsp3) is 0.467. The van der Waals surface area contributed by atoms with Gasteiger partial charge in [-0.15, -0.1) is 0 Å². The molecule has 0 radical (unpaired) electrons. The standard InChI is InChI=1S/C15H17ClFNO3/c16-10-4-6-13(17)12(9-10)15(21)18-8-2-1-3-11(18)5-7-14(19)20/h4,6,9,11H,1-3,5,7-8H2,(H,19,20)/t11-/m1/s1. The van der Waals surface area contributed by atoms with Gasteiger partial charge in [0, 0.05) is 24.0 Å².